The third-order valence-corrected chi connectivity index (χ3v) is 5.18. The van der Waals surface area contributed by atoms with E-state index in [1.807, 2.05) is 34.6 Å². The Morgan fingerprint density at radius 1 is 1.33 bits per heavy atom. The molecule has 1 aromatic heterocycles. The summed E-state index contributed by atoms with van der Waals surface area (Å²) in [6, 6.07) is 1.34. The minimum absolute atomic E-state index is 0.121. The molecule has 0 amide bonds. The predicted octanol–water partition coefficient (Wildman–Crippen LogP) is 3.22. The van der Waals surface area contributed by atoms with Gasteiger partial charge in [-0.05, 0) is 32.8 Å². The molecule has 0 aliphatic carbocycles. The number of pyridine rings is 1. The Hall–Kier alpha value is -0.850. The summed E-state index contributed by atoms with van der Waals surface area (Å²) in [6.45, 7) is 10.8. The van der Waals surface area contributed by atoms with Crippen molar-refractivity contribution in [3.8, 4) is 0 Å². The molecular weight excluding hydrogens is 310 g/mol. The second-order valence-corrected chi connectivity index (χ2v) is 7.89. The molecule has 5 nitrogen and oxygen atoms in total. The maximum atomic E-state index is 12.7. The maximum Gasteiger partial charge on any atom is 0.244 e. The standard InChI is InChI=1S/C14H24ClN3O2S/c1-6-16-14-13(15)7-12(8-17-14)21(19,20)18(11(4)5)9-10(2)3/h7-8,10-11H,6,9H2,1-5H3,(H,16,17). The van der Waals surface area contributed by atoms with Crippen molar-refractivity contribution in [1.29, 1.82) is 0 Å². The fraction of sp³-hybridized carbons (Fsp3) is 0.643. The maximum absolute atomic E-state index is 12.7. The average molecular weight is 334 g/mol. The van der Waals surface area contributed by atoms with Gasteiger partial charge < -0.3 is 5.32 Å². The van der Waals surface area contributed by atoms with Crippen LogP contribution >= 0.6 is 11.6 Å². The lowest BCUT2D eigenvalue weighted by Gasteiger charge is -2.27. The zero-order valence-corrected chi connectivity index (χ0v) is 14.8. The van der Waals surface area contributed by atoms with Crippen LogP contribution in [0.4, 0.5) is 5.82 Å². The summed E-state index contributed by atoms with van der Waals surface area (Å²) in [5.74, 6) is 0.740. The first kappa shape index (κ1) is 18.2. The molecule has 120 valence electrons. The van der Waals surface area contributed by atoms with Crippen molar-refractivity contribution in [3.63, 3.8) is 0 Å². The van der Waals surface area contributed by atoms with Gasteiger partial charge in [0.15, 0.2) is 0 Å². The molecule has 1 N–H and O–H groups in total. The number of nitrogens with zero attached hydrogens (tertiary/aromatic N) is 2. The van der Waals surface area contributed by atoms with Crippen molar-refractivity contribution in [2.24, 2.45) is 5.92 Å². The molecule has 1 aromatic rings. The molecule has 7 heteroatoms. The van der Waals surface area contributed by atoms with Crippen molar-refractivity contribution >= 4 is 27.4 Å². The topological polar surface area (TPSA) is 62.3 Å². The molecule has 0 aromatic carbocycles. The molecule has 0 saturated carbocycles. The number of sulfonamides is 1. The molecule has 0 radical (unpaired) electrons. The van der Waals surface area contributed by atoms with Crippen LogP contribution in [-0.2, 0) is 10.0 Å². The molecular formula is C14H24ClN3O2S. The van der Waals surface area contributed by atoms with Gasteiger partial charge in [-0.1, -0.05) is 25.4 Å². The van der Waals surface area contributed by atoms with Gasteiger partial charge in [-0.15, -0.1) is 0 Å². The van der Waals surface area contributed by atoms with Crippen LogP contribution in [0.2, 0.25) is 5.02 Å². The Kier molecular flexibility index (Phi) is 6.43. The molecule has 0 bridgehead atoms. The molecule has 1 heterocycles. The second kappa shape index (κ2) is 7.42. The summed E-state index contributed by atoms with van der Waals surface area (Å²) in [6.07, 6.45) is 1.36. The van der Waals surface area contributed by atoms with Gasteiger partial charge in [0.2, 0.25) is 10.0 Å². The van der Waals surface area contributed by atoms with Gasteiger partial charge >= 0.3 is 0 Å². The molecule has 0 saturated heterocycles. The number of hydrogen-bond acceptors (Lipinski definition) is 4. The number of anilines is 1. The monoisotopic (exact) mass is 333 g/mol. The minimum atomic E-state index is -3.59. The minimum Gasteiger partial charge on any atom is -0.369 e. The van der Waals surface area contributed by atoms with Gasteiger partial charge in [-0.2, -0.15) is 4.31 Å². The van der Waals surface area contributed by atoms with Crippen LogP contribution in [0.15, 0.2) is 17.2 Å². The van der Waals surface area contributed by atoms with E-state index in [-0.39, 0.29) is 16.9 Å². The van der Waals surface area contributed by atoms with Gasteiger partial charge in [0, 0.05) is 25.3 Å². The lowest BCUT2D eigenvalue weighted by atomic mass is 10.2. The first-order chi connectivity index (χ1) is 9.70. The van der Waals surface area contributed by atoms with Crippen molar-refractivity contribution in [1.82, 2.24) is 9.29 Å². The first-order valence-electron chi connectivity index (χ1n) is 7.11. The van der Waals surface area contributed by atoms with E-state index in [1.165, 1.54) is 16.6 Å². The van der Waals surface area contributed by atoms with Crippen LogP contribution in [-0.4, -0.2) is 36.8 Å². The van der Waals surface area contributed by atoms with Crippen LogP contribution in [0.1, 0.15) is 34.6 Å². The highest BCUT2D eigenvalue weighted by atomic mass is 35.5. The highest BCUT2D eigenvalue weighted by Crippen LogP contribution is 2.25. The first-order valence-corrected chi connectivity index (χ1v) is 8.93. The van der Waals surface area contributed by atoms with Gasteiger partial charge in [0.25, 0.3) is 0 Å². The Labute approximate surface area is 132 Å². The van der Waals surface area contributed by atoms with E-state index in [0.29, 0.717) is 23.9 Å². The number of rotatable bonds is 7. The Balaban J connectivity index is 3.19. The van der Waals surface area contributed by atoms with Gasteiger partial charge in [0.05, 0.1) is 5.02 Å². The molecule has 0 aliphatic heterocycles. The molecule has 0 unspecified atom stereocenters. The molecule has 0 fully saturated rings. The van der Waals surface area contributed by atoms with Crippen molar-refractivity contribution in [2.45, 2.75) is 45.6 Å². The number of hydrogen-bond donors (Lipinski definition) is 1. The molecule has 0 atom stereocenters. The lowest BCUT2D eigenvalue weighted by molar-refractivity contribution is 0.319. The number of aromatic nitrogens is 1. The summed E-state index contributed by atoms with van der Waals surface area (Å²) in [4.78, 5) is 4.23. The predicted molar refractivity (Wildman–Crippen MR) is 87.3 cm³/mol. The summed E-state index contributed by atoms with van der Waals surface area (Å²) in [5.41, 5.74) is 0. The van der Waals surface area contributed by atoms with E-state index in [9.17, 15) is 8.42 Å². The zero-order valence-electron chi connectivity index (χ0n) is 13.2. The second-order valence-electron chi connectivity index (χ2n) is 5.59. The molecule has 0 spiro atoms. The van der Waals surface area contributed by atoms with Gasteiger partial charge in [0.1, 0.15) is 10.7 Å². The van der Waals surface area contributed by atoms with Crippen LogP contribution in [0, 0.1) is 5.92 Å². The number of halogens is 1. The van der Waals surface area contributed by atoms with Crippen molar-refractivity contribution < 1.29 is 8.42 Å². The lowest BCUT2D eigenvalue weighted by Crippen LogP contribution is -2.39. The zero-order chi connectivity index (χ0) is 16.2. The van der Waals surface area contributed by atoms with Gasteiger partial charge in [-0.25, -0.2) is 13.4 Å². The largest absolute Gasteiger partial charge is 0.369 e. The Morgan fingerprint density at radius 2 is 1.95 bits per heavy atom. The quantitative estimate of drug-likeness (QED) is 0.832. The highest BCUT2D eigenvalue weighted by Gasteiger charge is 2.28. The van der Waals surface area contributed by atoms with E-state index >= 15 is 0 Å². The van der Waals surface area contributed by atoms with E-state index < -0.39 is 10.0 Å². The molecule has 1 rings (SSSR count). The van der Waals surface area contributed by atoms with E-state index in [4.69, 9.17) is 11.6 Å². The normalized spacial score (nSPS) is 12.4. The van der Waals surface area contributed by atoms with E-state index in [2.05, 4.69) is 10.3 Å². The molecule has 21 heavy (non-hydrogen) atoms. The van der Waals surface area contributed by atoms with E-state index in [1.54, 1.807) is 0 Å². The SMILES string of the molecule is CCNc1ncc(S(=O)(=O)N(CC(C)C)C(C)C)cc1Cl. The fourth-order valence-corrected chi connectivity index (χ4v) is 4.01. The van der Waals surface area contributed by atoms with Gasteiger partial charge in [-0.3, -0.25) is 0 Å². The fourth-order valence-electron chi connectivity index (χ4n) is 1.94. The van der Waals surface area contributed by atoms with Crippen LogP contribution < -0.4 is 5.32 Å². The summed E-state index contributed by atoms with van der Waals surface area (Å²) in [5, 5.41) is 3.30. The smallest absolute Gasteiger partial charge is 0.244 e. The summed E-state index contributed by atoms with van der Waals surface area (Å²) >= 11 is 6.10. The number of nitrogens with one attached hydrogen (secondary N) is 1. The van der Waals surface area contributed by atoms with Crippen molar-refractivity contribution in [3.05, 3.63) is 17.3 Å². The Bertz CT molecular complexity index is 574. The van der Waals surface area contributed by atoms with Crippen molar-refractivity contribution in [2.75, 3.05) is 18.4 Å². The van der Waals surface area contributed by atoms with Crippen LogP contribution in [0.3, 0.4) is 0 Å². The Morgan fingerprint density at radius 3 is 2.38 bits per heavy atom. The third-order valence-electron chi connectivity index (χ3n) is 2.89. The summed E-state index contributed by atoms with van der Waals surface area (Å²) < 4.78 is 27.0. The summed E-state index contributed by atoms with van der Waals surface area (Å²) in [7, 11) is -3.59. The van der Waals surface area contributed by atoms with Crippen LogP contribution in [0.25, 0.3) is 0 Å². The third kappa shape index (κ3) is 4.56. The average Bonchev–Trinajstić information content (AvgIpc) is 2.37. The highest BCUT2D eigenvalue weighted by molar-refractivity contribution is 7.89. The van der Waals surface area contributed by atoms with Crippen LogP contribution in [0.5, 0.6) is 0 Å². The van der Waals surface area contributed by atoms with E-state index in [0.717, 1.165) is 0 Å². The molecule has 0 aliphatic rings.